The average Bonchev–Trinajstić information content (AvgIpc) is 3.09. The van der Waals surface area contributed by atoms with Crippen LogP contribution in [0.2, 0.25) is 0 Å². The van der Waals surface area contributed by atoms with Crippen molar-refractivity contribution < 1.29 is 14.2 Å². The summed E-state index contributed by atoms with van der Waals surface area (Å²) < 4.78 is 17.7. The molecule has 0 aliphatic carbocycles. The molecule has 0 radical (unpaired) electrons. The van der Waals surface area contributed by atoms with Gasteiger partial charge in [-0.15, -0.1) is 0 Å². The van der Waals surface area contributed by atoms with E-state index in [2.05, 4.69) is 59.2 Å². The van der Waals surface area contributed by atoms with Gasteiger partial charge < -0.3 is 24.8 Å². The zero-order chi connectivity index (χ0) is 20.2. The number of nitrogens with one attached hydrogen (secondary N) is 2. The molecule has 5 nitrogen and oxygen atoms in total. The summed E-state index contributed by atoms with van der Waals surface area (Å²) >= 11 is 0. The Kier molecular flexibility index (Phi) is 5.93. The third-order valence-electron chi connectivity index (χ3n) is 6.70. The molecule has 2 N–H and O–H groups in total. The number of rotatable bonds is 6. The predicted octanol–water partition coefficient (Wildman–Crippen LogP) is 2.97. The molecule has 0 amide bonds. The predicted molar refractivity (Wildman–Crippen MR) is 117 cm³/mol. The third kappa shape index (κ3) is 4.48. The first-order valence-corrected chi connectivity index (χ1v) is 11.3. The second-order valence-electron chi connectivity index (χ2n) is 9.06. The second kappa shape index (κ2) is 8.96. The van der Waals surface area contributed by atoms with Gasteiger partial charge in [-0.25, -0.2) is 0 Å². The smallest absolute Gasteiger partial charge is 0.122 e. The lowest BCUT2D eigenvalue weighted by molar-refractivity contribution is -0.111. The molecular weight excluding hydrogens is 376 g/mol. The van der Waals surface area contributed by atoms with Gasteiger partial charge in [0.25, 0.3) is 0 Å². The van der Waals surface area contributed by atoms with Gasteiger partial charge in [-0.05, 0) is 48.9 Å². The van der Waals surface area contributed by atoms with Crippen LogP contribution in [0.25, 0.3) is 0 Å². The number of ether oxygens (including phenoxy) is 3. The van der Waals surface area contributed by atoms with Gasteiger partial charge in [0.15, 0.2) is 0 Å². The van der Waals surface area contributed by atoms with Gasteiger partial charge >= 0.3 is 0 Å². The zero-order valence-corrected chi connectivity index (χ0v) is 17.6. The van der Waals surface area contributed by atoms with E-state index < -0.39 is 0 Å². The van der Waals surface area contributed by atoms with E-state index in [0.717, 1.165) is 76.7 Å². The topological polar surface area (TPSA) is 51.8 Å². The summed E-state index contributed by atoms with van der Waals surface area (Å²) in [6, 6.07) is 17.6. The van der Waals surface area contributed by atoms with E-state index in [4.69, 9.17) is 14.2 Å². The molecule has 0 bridgehead atoms. The van der Waals surface area contributed by atoms with Crippen molar-refractivity contribution in [2.45, 2.75) is 37.8 Å². The van der Waals surface area contributed by atoms with E-state index in [1.807, 2.05) is 0 Å². The van der Waals surface area contributed by atoms with Crippen LogP contribution < -0.4 is 20.1 Å². The first-order valence-electron chi connectivity index (χ1n) is 11.3. The Morgan fingerprint density at radius 3 is 1.70 bits per heavy atom. The summed E-state index contributed by atoms with van der Waals surface area (Å²) in [5.41, 5.74) is 2.80. The molecule has 0 saturated carbocycles. The maximum Gasteiger partial charge on any atom is 0.122 e. The van der Waals surface area contributed by atoms with E-state index in [9.17, 15) is 0 Å². The molecule has 30 heavy (non-hydrogen) atoms. The Morgan fingerprint density at radius 2 is 1.23 bits per heavy atom. The summed E-state index contributed by atoms with van der Waals surface area (Å²) in [5.74, 6) is 2.08. The van der Waals surface area contributed by atoms with Gasteiger partial charge in [-0.2, -0.15) is 0 Å². The number of fused-ring (bicyclic) bond motifs is 2. The number of hydrogen-bond donors (Lipinski definition) is 2. The Labute approximate surface area is 179 Å². The molecule has 1 saturated heterocycles. The quantitative estimate of drug-likeness (QED) is 0.770. The minimum Gasteiger partial charge on any atom is -0.492 e. The molecule has 0 aromatic heterocycles. The fraction of sp³-hybridized carbons (Fsp3) is 0.520. The number of para-hydroxylation sites is 2. The van der Waals surface area contributed by atoms with Crippen LogP contribution in [0.5, 0.6) is 11.5 Å². The SMILES string of the molecule is c1ccc2c(c1)CCC(NCC1(CNC3CCc4ccccc4OC3)COC1)CO2. The summed E-state index contributed by atoms with van der Waals surface area (Å²) in [4.78, 5) is 0. The highest BCUT2D eigenvalue weighted by molar-refractivity contribution is 5.35. The maximum atomic E-state index is 6.05. The number of aryl methyl sites for hydroxylation is 2. The normalized spacial score (nSPS) is 24.8. The monoisotopic (exact) mass is 408 g/mol. The molecule has 0 spiro atoms. The summed E-state index contributed by atoms with van der Waals surface area (Å²) in [6.45, 7) is 5.01. The molecule has 5 rings (SSSR count). The van der Waals surface area contributed by atoms with E-state index in [0.29, 0.717) is 12.1 Å². The van der Waals surface area contributed by atoms with E-state index in [-0.39, 0.29) is 5.41 Å². The number of hydrogen-bond acceptors (Lipinski definition) is 5. The molecule has 3 aliphatic heterocycles. The molecule has 2 aromatic rings. The van der Waals surface area contributed by atoms with Crippen LogP contribution in [0.15, 0.2) is 48.5 Å². The highest BCUT2D eigenvalue weighted by Gasteiger charge is 2.39. The van der Waals surface area contributed by atoms with Crippen LogP contribution >= 0.6 is 0 Å². The van der Waals surface area contributed by atoms with Crippen molar-refractivity contribution in [2.24, 2.45) is 5.41 Å². The zero-order valence-electron chi connectivity index (χ0n) is 17.6. The van der Waals surface area contributed by atoms with Crippen molar-refractivity contribution in [3.8, 4) is 11.5 Å². The highest BCUT2D eigenvalue weighted by atomic mass is 16.5. The molecule has 2 unspecified atom stereocenters. The van der Waals surface area contributed by atoms with E-state index in [1.54, 1.807) is 0 Å². The first-order chi connectivity index (χ1) is 14.8. The van der Waals surface area contributed by atoms with Gasteiger partial charge in [0.1, 0.15) is 24.7 Å². The fourth-order valence-corrected chi connectivity index (χ4v) is 4.61. The lowest BCUT2D eigenvalue weighted by atomic mass is 9.85. The van der Waals surface area contributed by atoms with Crippen LogP contribution in [-0.2, 0) is 17.6 Å². The molecule has 1 fully saturated rings. The largest absolute Gasteiger partial charge is 0.492 e. The van der Waals surface area contributed by atoms with Crippen LogP contribution in [0.3, 0.4) is 0 Å². The van der Waals surface area contributed by atoms with Gasteiger partial charge in [0, 0.05) is 30.6 Å². The van der Waals surface area contributed by atoms with Crippen molar-refractivity contribution in [1.29, 1.82) is 0 Å². The molecule has 3 heterocycles. The Hall–Kier alpha value is -2.08. The van der Waals surface area contributed by atoms with Crippen molar-refractivity contribution in [3.63, 3.8) is 0 Å². The van der Waals surface area contributed by atoms with Gasteiger partial charge in [-0.3, -0.25) is 0 Å². The van der Waals surface area contributed by atoms with E-state index in [1.165, 1.54) is 11.1 Å². The standard InChI is InChI=1S/C25H32N2O3/c1-3-7-23-19(5-1)9-11-21(13-29-23)26-15-25(17-28-18-25)16-27-22-12-10-20-6-2-4-8-24(20)30-14-22/h1-8,21-22,26-27H,9-18H2. The van der Waals surface area contributed by atoms with Crippen molar-refractivity contribution in [1.82, 2.24) is 10.6 Å². The van der Waals surface area contributed by atoms with Gasteiger partial charge in [-0.1, -0.05) is 36.4 Å². The summed E-state index contributed by atoms with van der Waals surface area (Å²) in [6.07, 6.45) is 4.34. The van der Waals surface area contributed by atoms with Crippen molar-refractivity contribution in [3.05, 3.63) is 59.7 Å². The van der Waals surface area contributed by atoms with Crippen LogP contribution in [0.4, 0.5) is 0 Å². The maximum absolute atomic E-state index is 6.05. The lowest BCUT2D eigenvalue weighted by Gasteiger charge is -2.43. The molecular formula is C25H32N2O3. The number of benzene rings is 2. The van der Waals surface area contributed by atoms with Gasteiger partial charge in [0.2, 0.25) is 0 Å². The molecule has 5 heteroatoms. The summed E-state index contributed by atoms with van der Waals surface area (Å²) in [5, 5.41) is 7.55. The molecule has 3 aliphatic rings. The van der Waals surface area contributed by atoms with Gasteiger partial charge in [0.05, 0.1) is 13.2 Å². The first kappa shape index (κ1) is 19.9. The molecule has 2 aromatic carbocycles. The van der Waals surface area contributed by atoms with Crippen molar-refractivity contribution in [2.75, 3.05) is 39.5 Å². The Balaban J connectivity index is 1.11. The van der Waals surface area contributed by atoms with Crippen LogP contribution in [0.1, 0.15) is 24.0 Å². The van der Waals surface area contributed by atoms with Crippen molar-refractivity contribution >= 4 is 0 Å². The highest BCUT2D eigenvalue weighted by Crippen LogP contribution is 2.29. The summed E-state index contributed by atoms with van der Waals surface area (Å²) in [7, 11) is 0. The molecule has 2 atom stereocenters. The Bertz CT molecular complexity index is 732. The lowest BCUT2D eigenvalue weighted by Crippen LogP contribution is -2.58. The molecule has 160 valence electrons. The average molecular weight is 409 g/mol. The van der Waals surface area contributed by atoms with Crippen LogP contribution in [0, 0.1) is 5.41 Å². The van der Waals surface area contributed by atoms with E-state index >= 15 is 0 Å². The fourth-order valence-electron chi connectivity index (χ4n) is 4.61. The van der Waals surface area contributed by atoms with Crippen LogP contribution in [-0.4, -0.2) is 51.6 Å². The minimum absolute atomic E-state index is 0.165. The third-order valence-corrected chi connectivity index (χ3v) is 6.70. The minimum atomic E-state index is 0.165. The second-order valence-corrected chi connectivity index (χ2v) is 9.06. The Morgan fingerprint density at radius 1 is 0.733 bits per heavy atom.